The van der Waals surface area contributed by atoms with E-state index in [9.17, 15) is 18.0 Å². The van der Waals surface area contributed by atoms with Crippen molar-refractivity contribution >= 4 is 27.8 Å². The Morgan fingerprint density at radius 3 is 2.80 bits per heavy atom. The largest absolute Gasteiger partial charge is 0.491 e. The lowest BCUT2D eigenvalue weighted by atomic mass is 10.1. The number of para-hydroxylation sites is 1. The number of pyridine rings is 1. The minimum Gasteiger partial charge on any atom is -0.418 e. The third-order valence-corrected chi connectivity index (χ3v) is 2.81. The third kappa shape index (κ3) is 1.97. The first kappa shape index (κ1) is 12.5. The second-order valence-electron chi connectivity index (χ2n) is 4.11. The summed E-state index contributed by atoms with van der Waals surface area (Å²) in [6, 6.07) is 6.25. The van der Waals surface area contributed by atoms with Crippen molar-refractivity contribution in [1.29, 1.82) is 0 Å². The monoisotopic (exact) mass is 280 g/mol. The van der Waals surface area contributed by atoms with Crippen LogP contribution in [0.25, 0.3) is 21.8 Å². The fourth-order valence-corrected chi connectivity index (χ4v) is 1.95. The Balaban J connectivity index is 2.14. The lowest BCUT2D eigenvalue weighted by Crippen LogP contribution is -2.28. The number of benzene rings is 1. The van der Waals surface area contributed by atoms with E-state index in [2.05, 4.69) is 14.7 Å². The summed E-state index contributed by atoms with van der Waals surface area (Å²) in [5.74, 6) is -2.49. The van der Waals surface area contributed by atoms with Gasteiger partial charge in [0.25, 0.3) is 0 Å². The number of fused-ring (bicyclic) bond motifs is 3. The molecule has 1 N–H and O–H groups in total. The van der Waals surface area contributed by atoms with Crippen LogP contribution in [-0.2, 0) is 4.79 Å². The van der Waals surface area contributed by atoms with Gasteiger partial charge in [-0.3, -0.25) is 4.98 Å². The summed E-state index contributed by atoms with van der Waals surface area (Å²) >= 11 is 0. The number of aromatic nitrogens is 2. The van der Waals surface area contributed by atoms with E-state index < -0.39 is 12.1 Å². The van der Waals surface area contributed by atoms with E-state index in [1.807, 2.05) is 0 Å². The molecule has 20 heavy (non-hydrogen) atoms. The molecule has 2 heterocycles. The van der Waals surface area contributed by atoms with E-state index in [0.717, 1.165) is 10.9 Å². The Morgan fingerprint density at radius 2 is 2.05 bits per heavy atom. The molecule has 0 aliphatic carbocycles. The minimum absolute atomic E-state index is 0.194. The number of rotatable bonds is 1. The number of halogens is 3. The van der Waals surface area contributed by atoms with Crippen LogP contribution in [0.2, 0.25) is 0 Å². The van der Waals surface area contributed by atoms with Crippen LogP contribution in [-0.4, -0.2) is 22.1 Å². The Bertz CT molecular complexity index is 808. The first-order valence-electron chi connectivity index (χ1n) is 5.60. The lowest BCUT2D eigenvalue weighted by molar-refractivity contribution is -0.189. The fourth-order valence-electron chi connectivity index (χ4n) is 1.95. The number of ether oxygens (including phenoxy) is 1. The van der Waals surface area contributed by atoms with E-state index in [4.69, 9.17) is 0 Å². The first-order chi connectivity index (χ1) is 9.47. The molecule has 0 bridgehead atoms. The van der Waals surface area contributed by atoms with Gasteiger partial charge in [0, 0.05) is 23.2 Å². The lowest BCUT2D eigenvalue weighted by Gasteiger charge is -2.09. The number of carbonyl (C=O) groups excluding carboxylic acids is 1. The predicted octanol–water partition coefficient (Wildman–Crippen LogP) is 3.18. The second-order valence-corrected chi connectivity index (χ2v) is 4.11. The molecule has 7 heteroatoms. The van der Waals surface area contributed by atoms with Gasteiger partial charge in [-0.2, -0.15) is 13.2 Å². The normalized spacial score (nSPS) is 11.9. The number of hydrogen-bond donors (Lipinski definition) is 1. The molecule has 1 aromatic carbocycles. The summed E-state index contributed by atoms with van der Waals surface area (Å²) in [4.78, 5) is 17.9. The molecule has 3 aromatic rings. The standard InChI is InChI=1S/C13H7F3N2O2/c14-13(15,16)12(19)20-9-3-1-2-8-10-7(4-5-17-10)6-18-11(8)9/h1-6,17H. The second kappa shape index (κ2) is 4.22. The van der Waals surface area contributed by atoms with Gasteiger partial charge in [-0.05, 0) is 12.1 Å². The van der Waals surface area contributed by atoms with Crippen molar-refractivity contribution in [1.82, 2.24) is 9.97 Å². The van der Waals surface area contributed by atoms with Gasteiger partial charge in [0.15, 0.2) is 5.75 Å². The van der Waals surface area contributed by atoms with Crippen LogP contribution in [0.3, 0.4) is 0 Å². The Morgan fingerprint density at radius 1 is 1.25 bits per heavy atom. The number of esters is 1. The third-order valence-electron chi connectivity index (χ3n) is 2.81. The maximum Gasteiger partial charge on any atom is 0.491 e. The number of carbonyl (C=O) groups is 1. The molecule has 3 rings (SSSR count). The molecule has 102 valence electrons. The smallest absolute Gasteiger partial charge is 0.418 e. The summed E-state index contributed by atoms with van der Waals surface area (Å²) in [6.45, 7) is 0. The van der Waals surface area contributed by atoms with Crippen LogP contribution >= 0.6 is 0 Å². The van der Waals surface area contributed by atoms with E-state index in [1.165, 1.54) is 18.3 Å². The van der Waals surface area contributed by atoms with Crippen LogP contribution in [0.15, 0.2) is 36.7 Å². The number of aromatic amines is 1. The van der Waals surface area contributed by atoms with E-state index in [1.54, 1.807) is 18.3 Å². The summed E-state index contributed by atoms with van der Waals surface area (Å²) in [5.41, 5.74) is 0.917. The highest BCUT2D eigenvalue weighted by Gasteiger charge is 2.41. The number of nitrogens with zero attached hydrogens (tertiary/aromatic N) is 1. The predicted molar refractivity (Wildman–Crippen MR) is 65.3 cm³/mol. The SMILES string of the molecule is O=C(Oc1cccc2c1ncc1cc[nH]c12)C(F)(F)F. The summed E-state index contributed by atoms with van der Waals surface area (Å²) in [5, 5.41) is 1.40. The highest BCUT2D eigenvalue weighted by Crippen LogP contribution is 2.30. The first-order valence-corrected chi connectivity index (χ1v) is 5.60. The molecule has 2 aromatic heterocycles. The molecular formula is C13H7F3N2O2. The molecule has 0 radical (unpaired) electrons. The van der Waals surface area contributed by atoms with E-state index in [0.29, 0.717) is 5.39 Å². The van der Waals surface area contributed by atoms with Crippen molar-refractivity contribution < 1.29 is 22.7 Å². The number of alkyl halides is 3. The van der Waals surface area contributed by atoms with Crippen LogP contribution in [0.1, 0.15) is 0 Å². The Hall–Kier alpha value is -2.57. The summed E-state index contributed by atoms with van der Waals surface area (Å²) < 4.78 is 41.1. The van der Waals surface area contributed by atoms with Crippen LogP contribution in [0.5, 0.6) is 5.75 Å². The van der Waals surface area contributed by atoms with Crippen molar-refractivity contribution in [2.45, 2.75) is 6.18 Å². The van der Waals surface area contributed by atoms with Gasteiger partial charge < -0.3 is 9.72 Å². The maximum absolute atomic E-state index is 12.2. The van der Waals surface area contributed by atoms with Crippen molar-refractivity contribution in [3.63, 3.8) is 0 Å². The van der Waals surface area contributed by atoms with Gasteiger partial charge in [0.1, 0.15) is 5.52 Å². The Kier molecular flexibility index (Phi) is 2.63. The van der Waals surface area contributed by atoms with Gasteiger partial charge in [0.2, 0.25) is 0 Å². The van der Waals surface area contributed by atoms with Crippen LogP contribution < -0.4 is 4.74 Å². The van der Waals surface area contributed by atoms with Crippen molar-refractivity contribution in [2.75, 3.05) is 0 Å². The highest BCUT2D eigenvalue weighted by molar-refractivity contribution is 6.05. The van der Waals surface area contributed by atoms with Crippen molar-refractivity contribution in [3.05, 3.63) is 36.7 Å². The topological polar surface area (TPSA) is 55.0 Å². The molecule has 0 aliphatic rings. The summed E-state index contributed by atoms with van der Waals surface area (Å²) in [6.07, 6.45) is -1.85. The number of nitrogens with one attached hydrogen (secondary N) is 1. The minimum atomic E-state index is -5.04. The number of H-pyrrole nitrogens is 1. The van der Waals surface area contributed by atoms with Crippen LogP contribution in [0.4, 0.5) is 13.2 Å². The summed E-state index contributed by atoms with van der Waals surface area (Å²) in [7, 11) is 0. The maximum atomic E-state index is 12.2. The van der Waals surface area contributed by atoms with Crippen molar-refractivity contribution in [3.8, 4) is 5.75 Å². The average molecular weight is 280 g/mol. The quantitative estimate of drug-likeness (QED) is 0.550. The molecular weight excluding hydrogens is 273 g/mol. The van der Waals surface area contributed by atoms with Crippen molar-refractivity contribution in [2.24, 2.45) is 0 Å². The van der Waals surface area contributed by atoms with E-state index >= 15 is 0 Å². The van der Waals surface area contributed by atoms with Crippen LogP contribution in [0, 0.1) is 0 Å². The zero-order valence-electron chi connectivity index (χ0n) is 9.86. The molecule has 0 spiro atoms. The average Bonchev–Trinajstić information content (AvgIpc) is 2.86. The van der Waals surface area contributed by atoms with Gasteiger partial charge in [-0.15, -0.1) is 0 Å². The molecule has 0 fully saturated rings. The molecule has 0 amide bonds. The zero-order valence-corrected chi connectivity index (χ0v) is 9.86. The highest BCUT2D eigenvalue weighted by atomic mass is 19.4. The van der Waals surface area contributed by atoms with Gasteiger partial charge in [-0.25, -0.2) is 4.79 Å². The molecule has 0 unspecified atom stereocenters. The van der Waals surface area contributed by atoms with Gasteiger partial charge in [-0.1, -0.05) is 12.1 Å². The zero-order chi connectivity index (χ0) is 14.3. The van der Waals surface area contributed by atoms with Gasteiger partial charge in [0.05, 0.1) is 5.52 Å². The van der Waals surface area contributed by atoms with Gasteiger partial charge >= 0.3 is 12.1 Å². The molecule has 0 aliphatic heterocycles. The molecule has 0 saturated heterocycles. The van der Waals surface area contributed by atoms with E-state index in [-0.39, 0.29) is 11.3 Å². The fraction of sp³-hybridized carbons (Fsp3) is 0.0769. The Labute approximate surface area is 110 Å². The molecule has 0 saturated carbocycles. The molecule has 4 nitrogen and oxygen atoms in total. The molecule has 0 atom stereocenters. The number of hydrogen-bond acceptors (Lipinski definition) is 3.